The number of allylic oxidation sites excluding steroid dienone is 1. The molecule has 11 nitrogen and oxygen atoms in total. The van der Waals surface area contributed by atoms with E-state index in [0.29, 0.717) is 12.0 Å². The van der Waals surface area contributed by atoms with Crippen molar-refractivity contribution in [3.8, 4) is 0 Å². The summed E-state index contributed by atoms with van der Waals surface area (Å²) >= 11 is 0. The van der Waals surface area contributed by atoms with E-state index in [4.69, 9.17) is 28.4 Å². The molecule has 3 heterocycles. The number of carbonyl (C=O) groups is 5. The van der Waals surface area contributed by atoms with Gasteiger partial charge in [0.1, 0.15) is 30.0 Å². The highest BCUT2D eigenvalue weighted by molar-refractivity contribution is 5.85. The van der Waals surface area contributed by atoms with E-state index in [1.54, 1.807) is 19.9 Å². The average molecular weight is 587 g/mol. The average Bonchev–Trinajstić information content (AvgIpc) is 3.39. The molecule has 3 fully saturated rings. The number of hydrogen-bond donors (Lipinski definition) is 0. The van der Waals surface area contributed by atoms with E-state index < -0.39 is 75.9 Å². The molecule has 11 heteroatoms. The molecule has 3 aliphatic heterocycles. The largest absolute Gasteiger partial charge is 0.469 e. The zero-order chi connectivity index (χ0) is 31.0. The van der Waals surface area contributed by atoms with Crippen molar-refractivity contribution in [2.75, 3.05) is 13.7 Å². The first kappa shape index (κ1) is 30.0. The summed E-state index contributed by atoms with van der Waals surface area (Å²) in [6.07, 6.45) is 2.34. The molecule has 0 N–H and O–H groups in total. The lowest BCUT2D eigenvalue weighted by Gasteiger charge is -2.58. The Bertz CT molecular complexity index is 1330. The quantitative estimate of drug-likeness (QED) is 0.196. The van der Waals surface area contributed by atoms with Crippen LogP contribution in [0.4, 0.5) is 0 Å². The van der Waals surface area contributed by atoms with Crippen LogP contribution in [0.15, 0.2) is 36.0 Å². The predicted octanol–water partition coefficient (Wildman–Crippen LogP) is 2.76. The fourth-order valence-electron chi connectivity index (χ4n) is 8.64. The van der Waals surface area contributed by atoms with E-state index in [0.717, 1.165) is 5.57 Å². The highest BCUT2D eigenvalue weighted by atomic mass is 16.6. The van der Waals surface area contributed by atoms with Gasteiger partial charge in [0.15, 0.2) is 0 Å². The van der Waals surface area contributed by atoms with Crippen molar-refractivity contribution in [2.45, 2.75) is 83.9 Å². The maximum Gasteiger partial charge on any atom is 0.331 e. The Labute approximate surface area is 244 Å². The molecule has 0 amide bonds. The van der Waals surface area contributed by atoms with Gasteiger partial charge in [-0.3, -0.25) is 14.4 Å². The number of ether oxygens (including phenoxy) is 6. The minimum atomic E-state index is -1.17. The third-order valence-corrected chi connectivity index (χ3v) is 10.3. The normalized spacial score (nSPS) is 41.4. The van der Waals surface area contributed by atoms with Gasteiger partial charge in [-0.05, 0) is 37.3 Å². The van der Waals surface area contributed by atoms with Gasteiger partial charge in [-0.1, -0.05) is 26.5 Å². The van der Waals surface area contributed by atoms with Crippen LogP contribution < -0.4 is 0 Å². The molecule has 228 valence electrons. The lowest BCUT2D eigenvalue weighted by Crippen LogP contribution is -2.66. The second kappa shape index (κ2) is 9.79. The number of carbonyl (C=O) groups excluding carboxylic acids is 5. The van der Waals surface area contributed by atoms with Crippen molar-refractivity contribution in [1.29, 1.82) is 0 Å². The maximum atomic E-state index is 12.8. The zero-order valence-corrected chi connectivity index (χ0v) is 25.0. The van der Waals surface area contributed by atoms with Gasteiger partial charge in [0, 0.05) is 43.3 Å². The van der Waals surface area contributed by atoms with Crippen molar-refractivity contribution < 1.29 is 52.4 Å². The summed E-state index contributed by atoms with van der Waals surface area (Å²) in [5.41, 5.74) is -2.97. The molecule has 0 bridgehead atoms. The van der Waals surface area contributed by atoms with Gasteiger partial charge in [-0.15, -0.1) is 0 Å². The monoisotopic (exact) mass is 586 g/mol. The smallest absolute Gasteiger partial charge is 0.331 e. The van der Waals surface area contributed by atoms with Crippen LogP contribution in [0.3, 0.4) is 0 Å². The fraction of sp³-hybridized carbons (Fsp3) is 0.645. The second-order valence-corrected chi connectivity index (χ2v) is 12.9. The Morgan fingerprint density at radius 3 is 2.29 bits per heavy atom. The summed E-state index contributed by atoms with van der Waals surface area (Å²) in [4.78, 5) is 63.1. The van der Waals surface area contributed by atoms with Crippen LogP contribution >= 0.6 is 0 Å². The molecule has 5 rings (SSSR count). The van der Waals surface area contributed by atoms with Crippen LogP contribution in [0.2, 0.25) is 0 Å². The fourth-order valence-corrected chi connectivity index (χ4v) is 8.64. The molecular weight excluding hydrogens is 548 g/mol. The van der Waals surface area contributed by atoms with Crippen LogP contribution in [0.5, 0.6) is 0 Å². The first-order valence-corrected chi connectivity index (χ1v) is 14.1. The van der Waals surface area contributed by atoms with E-state index in [1.807, 2.05) is 13.8 Å². The minimum absolute atomic E-state index is 0.0954. The van der Waals surface area contributed by atoms with Crippen LogP contribution in [0, 0.1) is 28.6 Å². The minimum Gasteiger partial charge on any atom is -0.469 e. The van der Waals surface area contributed by atoms with Gasteiger partial charge in [0.25, 0.3) is 0 Å². The number of hydrogen-bond acceptors (Lipinski definition) is 11. The SMILES string of the molecule is C=C1[C@H]([C@@]2(C)C=CC(=O)OC(C)(C)[C@@H]2CC(=O)OC)[C@@H](OC(C)=O)[C@H](OC(C)=O)[C@@]2(C)[C@H](C3=CC(=O)OC3)C[C@H]3O[C@]132. The molecule has 0 aromatic heterocycles. The highest BCUT2D eigenvalue weighted by Crippen LogP contribution is 2.75. The Hall–Kier alpha value is -3.47. The van der Waals surface area contributed by atoms with Gasteiger partial charge in [0.2, 0.25) is 0 Å². The van der Waals surface area contributed by atoms with Crippen molar-refractivity contribution in [2.24, 2.45) is 28.6 Å². The topological polar surface area (TPSA) is 144 Å². The van der Waals surface area contributed by atoms with Crippen molar-refractivity contribution in [1.82, 2.24) is 0 Å². The van der Waals surface area contributed by atoms with E-state index in [2.05, 4.69) is 6.58 Å². The van der Waals surface area contributed by atoms with Gasteiger partial charge in [0.05, 0.1) is 25.0 Å². The van der Waals surface area contributed by atoms with E-state index in [1.165, 1.54) is 33.1 Å². The highest BCUT2D eigenvalue weighted by Gasteiger charge is 2.84. The van der Waals surface area contributed by atoms with Gasteiger partial charge >= 0.3 is 29.8 Å². The van der Waals surface area contributed by atoms with Crippen molar-refractivity contribution in [3.05, 3.63) is 36.0 Å². The molecule has 42 heavy (non-hydrogen) atoms. The van der Waals surface area contributed by atoms with E-state index in [9.17, 15) is 24.0 Å². The molecule has 0 radical (unpaired) electrons. The third-order valence-electron chi connectivity index (χ3n) is 10.3. The summed E-state index contributed by atoms with van der Waals surface area (Å²) in [5.74, 6) is -4.57. The number of esters is 5. The predicted molar refractivity (Wildman–Crippen MR) is 144 cm³/mol. The van der Waals surface area contributed by atoms with Gasteiger partial charge < -0.3 is 28.4 Å². The molecular formula is C31H38O11. The Morgan fingerprint density at radius 2 is 1.71 bits per heavy atom. The maximum absolute atomic E-state index is 12.8. The van der Waals surface area contributed by atoms with Gasteiger partial charge in [-0.25, -0.2) is 9.59 Å². The molecule has 0 aromatic carbocycles. The summed E-state index contributed by atoms with van der Waals surface area (Å²) in [7, 11) is 1.28. The standard InChI is InChI=1S/C31H38O11/c1-15-25(29(6)10-9-22(34)42-28(4,5)20(29)13-23(35)37-8)26(39-16(2)32)27(40-17(3)33)30(7)19(12-21-31(15,30)41-21)18-11-24(36)38-14-18/h9-11,19-21,25-27H,1,12-14H2,2-8H3/t19-,20-,21+,25-,26+,27-,29-,30+,31+/m0/s1. The van der Waals surface area contributed by atoms with Crippen LogP contribution in [0.1, 0.15) is 54.4 Å². The first-order valence-electron chi connectivity index (χ1n) is 14.1. The van der Waals surface area contributed by atoms with E-state index in [-0.39, 0.29) is 25.0 Å². The van der Waals surface area contributed by atoms with E-state index >= 15 is 0 Å². The van der Waals surface area contributed by atoms with Crippen LogP contribution in [0.25, 0.3) is 0 Å². The summed E-state index contributed by atoms with van der Waals surface area (Å²) in [5, 5.41) is 0. The molecule has 9 atom stereocenters. The molecule has 0 aromatic rings. The number of cyclic esters (lactones) is 2. The Balaban J connectivity index is 1.73. The first-order chi connectivity index (χ1) is 19.5. The molecule has 2 aliphatic carbocycles. The number of rotatable bonds is 6. The lowest BCUT2D eigenvalue weighted by molar-refractivity contribution is -0.211. The molecule has 1 saturated heterocycles. The Morgan fingerprint density at radius 1 is 1.05 bits per heavy atom. The second-order valence-electron chi connectivity index (χ2n) is 12.9. The third kappa shape index (κ3) is 4.22. The van der Waals surface area contributed by atoms with Crippen LogP contribution in [-0.2, 0) is 52.4 Å². The Kier molecular flexibility index (Phi) is 6.99. The summed E-state index contributed by atoms with van der Waals surface area (Å²) < 4.78 is 34.6. The molecule has 2 saturated carbocycles. The van der Waals surface area contributed by atoms with Crippen molar-refractivity contribution >= 4 is 29.8 Å². The lowest BCUT2D eigenvalue weighted by atomic mass is 9.48. The molecule has 0 unspecified atom stereocenters. The zero-order valence-electron chi connectivity index (χ0n) is 25.0. The summed E-state index contributed by atoms with van der Waals surface area (Å²) in [6, 6.07) is 0. The van der Waals surface area contributed by atoms with Crippen LogP contribution in [-0.4, -0.2) is 73.1 Å². The molecule has 5 aliphatic rings. The van der Waals surface area contributed by atoms with Crippen molar-refractivity contribution in [3.63, 3.8) is 0 Å². The number of epoxide rings is 1. The number of methoxy groups -OCH3 is 1. The van der Waals surface area contributed by atoms with Gasteiger partial charge in [-0.2, -0.15) is 0 Å². The molecule has 1 spiro atoms. The summed E-state index contributed by atoms with van der Waals surface area (Å²) in [6.45, 7) is 14.4.